The Morgan fingerprint density at radius 3 is 2.86 bits per heavy atom. The van der Waals surface area contributed by atoms with E-state index in [-0.39, 0.29) is 28.2 Å². The highest BCUT2D eigenvalue weighted by atomic mass is 35.5. The number of nitrogens with two attached hydrogens (primary N) is 2. The quantitative estimate of drug-likeness (QED) is 0.381. The Morgan fingerprint density at radius 1 is 1.38 bits per heavy atom. The first-order valence-corrected chi connectivity index (χ1v) is 7.15. The normalized spacial score (nSPS) is 10.3. The van der Waals surface area contributed by atoms with Gasteiger partial charge >= 0.3 is 0 Å². The summed E-state index contributed by atoms with van der Waals surface area (Å²) >= 11 is 6.89. The molecule has 0 aliphatic carbocycles. The molecule has 0 unspecified atom stereocenters. The fourth-order valence-electron chi connectivity index (χ4n) is 1.48. The number of rotatable bonds is 4. The molecule has 0 radical (unpaired) electrons. The predicted octanol–water partition coefficient (Wildman–Crippen LogP) is 1.32. The number of nitrogen functional groups attached to an aromatic ring is 2. The molecule has 0 atom stereocenters. The molecule has 0 fully saturated rings. The zero-order chi connectivity index (χ0) is 15.4. The van der Waals surface area contributed by atoms with E-state index in [1.807, 2.05) is 0 Å². The second kappa shape index (κ2) is 6.51. The average molecular weight is 326 g/mol. The van der Waals surface area contributed by atoms with E-state index in [2.05, 4.69) is 15.3 Å². The molecule has 6 N–H and O–H groups in total. The number of carbonyl (C=O) groups excluding carboxylic acids is 1. The molecule has 1 heterocycles. The van der Waals surface area contributed by atoms with Crippen LogP contribution in [0.3, 0.4) is 0 Å². The van der Waals surface area contributed by atoms with Crippen LogP contribution in [0.1, 0.15) is 0 Å². The third-order valence-corrected chi connectivity index (χ3v) is 3.48. The lowest BCUT2D eigenvalue weighted by molar-refractivity contribution is -0.113. The molecule has 1 aromatic heterocycles. The number of halogens is 1. The first-order valence-electron chi connectivity index (χ1n) is 5.78. The van der Waals surface area contributed by atoms with Gasteiger partial charge in [-0.3, -0.25) is 9.59 Å². The summed E-state index contributed by atoms with van der Waals surface area (Å²) in [5.41, 5.74) is 11.6. The van der Waals surface area contributed by atoms with Crippen molar-refractivity contribution >= 4 is 46.5 Å². The van der Waals surface area contributed by atoms with Crippen molar-refractivity contribution in [1.82, 2.24) is 9.97 Å². The Labute approximate surface area is 129 Å². The van der Waals surface area contributed by atoms with Crippen molar-refractivity contribution in [3.8, 4) is 0 Å². The fraction of sp³-hybridized carbons (Fsp3) is 0.0833. The number of aromatic nitrogens is 2. The predicted molar refractivity (Wildman–Crippen MR) is 84.5 cm³/mol. The summed E-state index contributed by atoms with van der Waals surface area (Å²) in [4.78, 5) is 29.4. The molecule has 0 spiro atoms. The minimum Gasteiger partial charge on any atom is -0.397 e. The van der Waals surface area contributed by atoms with Crippen molar-refractivity contribution in [1.29, 1.82) is 0 Å². The first-order chi connectivity index (χ1) is 9.94. The topological polar surface area (TPSA) is 127 Å². The first kappa shape index (κ1) is 15.2. The number of nitrogens with zero attached hydrogens (tertiary/aromatic N) is 1. The maximum Gasteiger partial charge on any atom is 0.253 e. The van der Waals surface area contributed by atoms with Gasteiger partial charge in [0.2, 0.25) is 5.91 Å². The maximum absolute atomic E-state index is 11.8. The third kappa shape index (κ3) is 4.40. The second-order valence-electron chi connectivity index (χ2n) is 4.04. The minimum atomic E-state index is -0.371. The maximum atomic E-state index is 11.8. The summed E-state index contributed by atoms with van der Waals surface area (Å²) in [5.74, 6) is -0.169. The molecule has 7 nitrogen and oxygen atoms in total. The van der Waals surface area contributed by atoms with Crippen LogP contribution in [0.4, 0.5) is 17.2 Å². The van der Waals surface area contributed by atoms with Gasteiger partial charge in [0, 0.05) is 11.1 Å². The number of hydrogen-bond donors (Lipinski definition) is 4. The van der Waals surface area contributed by atoms with Crippen molar-refractivity contribution in [3.63, 3.8) is 0 Å². The largest absolute Gasteiger partial charge is 0.397 e. The molecule has 110 valence electrons. The van der Waals surface area contributed by atoms with Gasteiger partial charge in [-0.2, -0.15) is 0 Å². The highest BCUT2D eigenvalue weighted by molar-refractivity contribution is 7.99. The standard InChI is InChI=1S/C12H12ClN5O2S/c13-6-1-2-7(14)8(3-6)16-11(20)5-21-12-17-9(15)4-10(19)18-12/h1-4H,5,14H2,(H,16,20)(H3,15,17,18,19). The highest BCUT2D eigenvalue weighted by Gasteiger charge is 2.08. The molecule has 0 saturated heterocycles. The van der Waals surface area contributed by atoms with Gasteiger partial charge in [-0.25, -0.2) is 4.98 Å². The lowest BCUT2D eigenvalue weighted by Gasteiger charge is -2.08. The van der Waals surface area contributed by atoms with Crippen LogP contribution in [0, 0.1) is 0 Å². The lowest BCUT2D eigenvalue weighted by atomic mass is 10.2. The van der Waals surface area contributed by atoms with Crippen molar-refractivity contribution in [2.75, 3.05) is 22.5 Å². The molecule has 1 amide bonds. The monoisotopic (exact) mass is 325 g/mol. The Balaban J connectivity index is 1.99. The van der Waals surface area contributed by atoms with E-state index in [1.165, 1.54) is 0 Å². The van der Waals surface area contributed by atoms with Gasteiger partial charge in [0.1, 0.15) is 5.82 Å². The zero-order valence-corrected chi connectivity index (χ0v) is 12.3. The Kier molecular flexibility index (Phi) is 4.71. The van der Waals surface area contributed by atoms with Gasteiger partial charge in [-0.1, -0.05) is 23.4 Å². The molecule has 0 saturated carbocycles. The molecule has 0 aliphatic rings. The van der Waals surface area contributed by atoms with Crippen LogP contribution in [-0.2, 0) is 4.79 Å². The van der Waals surface area contributed by atoms with Gasteiger partial charge in [-0.15, -0.1) is 0 Å². The van der Waals surface area contributed by atoms with Gasteiger partial charge in [-0.05, 0) is 18.2 Å². The number of thioether (sulfide) groups is 1. The van der Waals surface area contributed by atoms with Gasteiger partial charge in [0.25, 0.3) is 5.56 Å². The Morgan fingerprint density at radius 2 is 2.14 bits per heavy atom. The number of amides is 1. The van der Waals surface area contributed by atoms with Gasteiger partial charge < -0.3 is 21.8 Å². The number of benzene rings is 1. The second-order valence-corrected chi connectivity index (χ2v) is 5.44. The number of anilines is 3. The summed E-state index contributed by atoms with van der Waals surface area (Å²) in [6.45, 7) is 0. The van der Waals surface area contributed by atoms with Crippen molar-refractivity contribution in [2.24, 2.45) is 0 Å². The van der Waals surface area contributed by atoms with Crippen molar-refractivity contribution in [3.05, 3.63) is 39.6 Å². The van der Waals surface area contributed by atoms with Crippen molar-refractivity contribution in [2.45, 2.75) is 5.16 Å². The number of hydrogen-bond acceptors (Lipinski definition) is 6. The van der Waals surface area contributed by atoms with Crippen LogP contribution in [0.5, 0.6) is 0 Å². The van der Waals surface area contributed by atoms with E-state index < -0.39 is 0 Å². The van der Waals surface area contributed by atoms with E-state index in [9.17, 15) is 9.59 Å². The fourth-order valence-corrected chi connectivity index (χ4v) is 2.33. The van der Waals surface area contributed by atoms with E-state index in [0.717, 1.165) is 17.8 Å². The highest BCUT2D eigenvalue weighted by Crippen LogP contribution is 2.23. The van der Waals surface area contributed by atoms with Crippen LogP contribution in [0.15, 0.2) is 34.2 Å². The lowest BCUT2D eigenvalue weighted by Crippen LogP contribution is -2.16. The molecule has 1 aromatic carbocycles. The summed E-state index contributed by atoms with van der Waals surface area (Å²) in [6.07, 6.45) is 0. The summed E-state index contributed by atoms with van der Waals surface area (Å²) in [6, 6.07) is 5.95. The van der Waals surface area contributed by atoms with E-state index in [4.69, 9.17) is 23.1 Å². The Bertz CT molecular complexity index is 734. The third-order valence-electron chi connectivity index (χ3n) is 2.37. The van der Waals surface area contributed by atoms with Crippen molar-refractivity contribution < 1.29 is 4.79 Å². The van der Waals surface area contributed by atoms with E-state index in [1.54, 1.807) is 18.2 Å². The SMILES string of the molecule is Nc1cc(=O)[nH]c(SCC(=O)Nc2cc(Cl)ccc2N)n1. The van der Waals surface area contributed by atoms with Crippen LogP contribution >= 0.6 is 23.4 Å². The van der Waals surface area contributed by atoms with E-state index in [0.29, 0.717) is 16.4 Å². The Hall–Kier alpha value is -2.19. The molecule has 2 rings (SSSR count). The van der Waals surface area contributed by atoms with Crippen LogP contribution < -0.4 is 22.3 Å². The molecule has 9 heteroatoms. The number of H-pyrrole nitrogens is 1. The molecule has 0 bridgehead atoms. The molecule has 21 heavy (non-hydrogen) atoms. The average Bonchev–Trinajstić information content (AvgIpc) is 2.40. The molecule has 2 aromatic rings. The number of carbonyl (C=O) groups is 1. The van der Waals surface area contributed by atoms with Crippen LogP contribution in [0.2, 0.25) is 5.02 Å². The minimum absolute atomic E-state index is 0.0400. The van der Waals surface area contributed by atoms with Gasteiger partial charge in [0.15, 0.2) is 5.16 Å². The summed E-state index contributed by atoms with van der Waals surface area (Å²) in [7, 11) is 0. The molecule has 0 aliphatic heterocycles. The number of nitrogens with one attached hydrogen (secondary N) is 2. The van der Waals surface area contributed by atoms with E-state index >= 15 is 0 Å². The van der Waals surface area contributed by atoms with Crippen LogP contribution in [0.25, 0.3) is 0 Å². The van der Waals surface area contributed by atoms with Gasteiger partial charge in [0.05, 0.1) is 17.1 Å². The molecular weight excluding hydrogens is 314 g/mol. The van der Waals surface area contributed by atoms with Crippen LogP contribution in [-0.4, -0.2) is 21.6 Å². The number of aromatic amines is 1. The smallest absolute Gasteiger partial charge is 0.253 e. The summed E-state index contributed by atoms with van der Waals surface area (Å²) in [5, 5.41) is 3.37. The summed E-state index contributed by atoms with van der Waals surface area (Å²) < 4.78 is 0. The zero-order valence-electron chi connectivity index (χ0n) is 10.7. The molecular formula is C12H12ClN5O2S.